The van der Waals surface area contributed by atoms with Gasteiger partial charge in [-0.05, 0) is 0 Å². The number of aromatic nitrogens is 1. The lowest BCUT2D eigenvalue weighted by Gasteiger charge is -2.00. The molecule has 13 heavy (non-hydrogen) atoms. The van der Waals surface area contributed by atoms with Gasteiger partial charge in [0.25, 0.3) is 0 Å². The summed E-state index contributed by atoms with van der Waals surface area (Å²) < 4.78 is 1.36. The van der Waals surface area contributed by atoms with Gasteiger partial charge in [0.05, 0.1) is 0 Å². The summed E-state index contributed by atoms with van der Waals surface area (Å²) in [5.74, 6) is 2.28. The highest BCUT2D eigenvalue weighted by Crippen LogP contribution is 1.93. The molecule has 0 fully saturated rings. The van der Waals surface area contributed by atoms with Gasteiger partial charge in [-0.1, -0.05) is 0 Å². The minimum Gasteiger partial charge on any atom is -0.294 e. The van der Waals surface area contributed by atoms with Crippen molar-refractivity contribution < 1.29 is 4.79 Å². The van der Waals surface area contributed by atoms with Crippen LogP contribution in [0.15, 0.2) is 29.3 Å². The Hall–Kier alpha value is -1.82. The normalized spacial score (nSPS) is 9.15. The zero-order chi connectivity index (χ0) is 9.68. The molecule has 0 atom stereocenters. The number of pyridine rings is 1. The van der Waals surface area contributed by atoms with Crippen LogP contribution in [-0.4, -0.2) is 10.5 Å². The molecule has 0 N–H and O–H groups in total. The van der Waals surface area contributed by atoms with Crippen LogP contribution in [0.5, 0.6) is 0 Å². The Balaban J connectivity index is 2.73. The van der Waals surface area contributed by atoms with Crippen molar-refractivity contribution in [2.75, 3.05) is 0 Å². The number of nitrogens with zero attached hydrogens (tertiary/aromatic N) is 1. The van der Waals surface area contributed by atoms with E-state index in [-0.39, 0.29) is 11.3 Å². The van der Waals surface area contributed by atoms with Crippen LogP contribution < -0.4 is 5.43 Å². The zero-order valence-electron chi connectivity index (χ0n) is 7.06. The third-order valence-electron chi connectivity index (χ3n) is 1.57. The lowest BCUT2D eigenvalue weighted by Crippen LogP contribution is -2.12. The van der Waals surface area contributed by atoms with Crippen molar-refractivity contribution in [2.45, 2.75) is 12.8 Å². The molecule has 3 heteroatoms. The van der Waals surface area contributed by atoms with Gasteiger partial charge in [0.2, 0.25) is 5.91 Å². The molecule has 0 saturated carbocycles. The molecule has 0 amide bonds. The maximum absolute atomic E-state index is 11.3. The van der Waals surface area contributed by atoms with Crippen LogP contribution in [0.4, 0.5) is 0 Å². The summed E-state index contributed by atoms with van der Waals surface area (Å²) in [6.45, 7) is 0. The first-order valence-corrected chi connectivity index (χ1v) is 3.89. The standard InChI is InChI=1S/C10H9NO2/c1-2-3-4-10(13)11-7-5-9(12)6-8-11/h1,5-8H,3-4H2. The van der Waals surface area contributed by atoms with Crippen LogP contribution >= 0.6 is 0 Å². The molecule has 0 spiro atoms. The topological polar surface area (TPSA) is 39.1 Å². The first-order valence-electron chi connectivity index (χ1n) is 3.89. The van der Waals surface area contributed by atoms with Gasteiger partial charge in [0.1, 0.15) is 0 Å². The van der Waals surface area contributed by atoms with Gasteiger partial charge in [0.15, 0.2) is 5.43 Å². The van der Waals surface area contributed by atoms with Crippen LogP contribution in [0.25, 0.3) is 0 Å². The van der Waals surface area contributed by atoms with Crippen molar-refractivity contribution in [1.82, 2.24) is 4.57 Å². The molecule has 0 aliphatic rings. The number of carbonyl (C=O) groups excluding carboxylic acids is 1. The molecule has 0 unspecified atom stereocenters. The summed E-state index contributed by atoms with van der Waals surface area (Å²) in [6.07, 6.45) is 8.64. The Kier molecular flexibility index (Phi) is 3.04. The summed E-state index contributed by atoms with van der Waals surface area (Å²) in [6, 6.07) is 2.68. The van der Waals surface area contributed by atoms with Gasteiger partial charge in [-0.15, -0.1) is 12.3 Å². The maximum Gasteiger partial charge on any atom is 0.231 e. The van der Waals surface area contributed by atoms with Crippen LogP contribution in [-0.2, 0) is 0 Å². The fourth-order valence-electron chi connectivity index (χ4n) is 0.887. The number of carbonyl (C=O) groups is 1. The van der Waals surface area contributed by atoms with E-state index in [1.54, 1.807) is 0 Å². The van der Waals surface area contributed by atoms with Crippen molar-refractivity contribution in [1.29, 1.82) is 0 Å². The molecule has 0 bridgehead atoms. The van der Waals surface area contributed by atoms with Gasteiger partial charge in [-0.2, -0.15) is 0 Å². The highest BCUT2D eigenvalue weighted by atomic mass is 16.2. The van der Waals surface area contributed by atoms with Crippen LogP contribution in [0, 0.1) is 12.3 Å². The molecule has 0 radical (unpaired) electrons. The minimum atomic E-state index is -0.110. The number of terminal acetylenes is 1. The molecular formula is C10H9NO2. The minimum absolute atomic E-state index is 0.0991. The Labute approximate surface area is 76.0 Å². The lowest BCUT2D eigenvalue weighted by atomic mass is 10.3. The SMILES string of the molecule is C#CCCC(=O)n1ccc(=O)cc1. The van der Waals surface area contributed by atoms with Crippen LogP contribution in [0.3, 0.4) is 0 Å². The van der Waals surface area contributed by atoms with E-state index in [2.05, 4.69) is 5.92 Å². The van der Waals surface area contributed by atoms with E-state index in [1.165, 1.54) is 29.1 Å². The van der Waals surface area contributed by atoms with E-state index < -0.39 is 0 Å². The number of hydrogen-bond donors (Lipinski definition) is 0. The van der Waals surface area contributed by atoms with Crippen molar-refractivity contribution >= 4 is 5.91 Å². The van der Waals surface area contributed by atoms with Gasteiger partial charge in [0, 0.05) is 37.4 Å². The molecular weight excluding hydrogens is 166 g/mol. The second-order valence-electron chi connectivity index (χ2n) is 2.54. The van der Waals surface area contributed by atoms with E-state index in [0.717, 1.165) is 0 Å². The third kappa shape index (κ3) is 2.60. The average Bonchev–Trinajstić information content (AvgIpc) is 2.15. The monoisotopic (exact) mass is 175 g/mol. The summed E-state index contributed by atoms with van der Waals surface area (Å²) in [7, 11) is 0. The Morgan fingerprint density at radius 2 is 2.08 bits per heavy atom. The van der Waals surface area contributed by atoms with E-state index in [4.69, 9.17) is 6.42 Å². The lowest BCUT2D eigenvalue weighted by molar-refractivity contribution is 0.0904. The van der Waals surface area contributed by atoms with Crippen LogP contribution in [0.1, 0.15) is 17.6 Å². The summed E-state index contributed by atoms with van der Waals surface area (Å²) in [5.41, 5.74) is -0.110. The van der Waals surface area contributed by atoms with Crippen molar-refractivity contribution in [3.05, 3.63) is 34.7 Å². The Morgan fingerprint density at radius 1 is 1.46 bits per heavy atom. The van der Waals surface area contributed by atoms with E-state index in [1.807, 2.05) is 0 Å². The average molecular weight is 175 g/mol. The molecule has 1 heterocycles. The maximum atomic E-state index is 11.3. The summed E-state index contributed by atoms with van der Waals surface area (Å²) in [4.78, 5) is 22.0. The highest BCUT2D eigenvalue weighted by molar-refractivity contribution is 5.78. The molecule has 0 aromatic carbocycles. The first kappa shape index (κ1) is 9.27. The van der Waals surface area contributed by atoms with Crippen molar-refractivity contribution in [3.8, 4) is 12.3 Å². The fourth-order valence-corrected chi connectivity index (χ4v) is 0.887. The van der Waals surface area contributed by atoms with E-state index in [0.29, 0.717) is 12.8 Å². The summed E-state index contributed by atoms with van der Waals surface area (Å²) in [5, 5.41) is 0. The largest absolute Gasteiger partial charge is 0.294 e. The second kappa shape index (κ2) is 4.27. The van der Waals surface area contributed by atoms with Crippen LogP contribution in [0.2, 0.25) is 0 Å². The fraction of sp³-hybridized carbons (Fsp3) is 0.200. The predicted octanol–water partition coefficient (Wildman–Crippen LogP) is 0.902. The molecule has 1 aromatic rings. The Morgan fingerprint density at radius 3 is 2.62 bits per heavy atom. The zero-order valence-corrected chi connectivity index (χ0v) is 7.06. The van der Waals surface area contributed by atoms with Crippen molar-refractivity contribution in [2.24, 2.45) is 0 Å². The highest BCUT2D eigenvalue weighted by Gasteiger charge is 2.00. The van der Waals surface area contributed by atoms with Gasteiger partial charge < -0.3 is 0 Å². The molecule has 0 aliphatic carbocycles. The van der Waals surface area contributed by atoms with E-state index in [9.17, 15) is 9.59 Å². The summed E-state index contributed by atoms with van der Waals surface area (Å²) >= 11 is 0. The Bertz CT molecular complexity index is 378. The quantitative estimate of drug-likeness (QED) is 0.626. The molecule has 3 nitrogen and oxygen atoms in total. The third-order valence-corrected chi connectivity index (χ3v) is 1.57. The predicted molar refractivity (Wildman–Crippen MR) is 49.4 cm³/mol. The molecule has 66 valence electrons. The van der Waals surface area contributed by atoms with Gasteiger partial charge in [-0.25, -0.2) is 0 Å². The number of hydrogen-bond acceptors (Lipinski definition) is 2. The number of rotatable bonds is 2. The van der Waals surface area contributed by atoms with Crippen molar-refractivity contribution in [3.63, 3.8) is 0 Å². The molecule has 1 rings (SSSR count). The smallest absolute Gasteiger partial charge is 0.231 e. The molecule has 0 saturated heterocycles. The van der Waals surface area contributed by atoms with E-state index >= 15 is 0 Å². The van der Waals surface area contributed by atoms with Gasteiger partial charge in [-0.3, -0.25) is 14.2 Å². The first-order chi connectivity index (χ1) is 6.24. The second-order valence-corrected chi connectivity index (χ2v) is 2.54. The van der Waals surface area contributed by atoms with Gasteiger partial charge >= 0.3 is 0 Å². The molecule has 0 aliphatic heterocycles. The molecule has 1 aromatic heterocycles.